The second-order valence-corrected chi connectivity index (χ2v) is 6.34. The number of anilines is 2. The molecule has 0 saturated carbocycles. The van der Waals surface area contributed by atoms with Crippen molar-refractivity contribution < 1.29 is 5.11 Å². The number of aliphatic hydroxyl groups excluding tert-OH is 1. The molecule has 1 aliphatic carbocycles. The van der Waals surface area contributed by atoms with Crippen LogP contribution in [0.3, 0.4) is 0 Å². The Hall–Kier alpha value is -2.14. The van der Waals surface area contributed by atoms with Gasteiger partial charge in [0.05, 0.1) is 6.04 Å². The minimum Gasteiger partial charge on any atom is -0.396 e. The van der Waals surface area contributed by atoms with Crippen LogP contribution >= 0.6 is 0 Å². The van der Waals surface area contributed by atoms with Crippen LogP contribution in [0.15, 0.2) is 36.7 Å². The molecule has 5 rings (SSSR count). The summed E-state index contributed by atoms with van der Waals surface area (Å²) < 4.78 is 0. The molecule has 0 unspecified atom stereocenters. The van der Waals surface area contributed by atoms with Gasteiger partial charge in [-0.05, 0) is 30.4 Å². The highest BCUT2D eigenvalue weighted by atomic mass is 16.3. The van der Waals surface area contributed by atoms with Gasteiger partial charge in [-0.15, -0.1) is 0 Å². The van der Waals surface area contributed by atoms with Crippen LogP contribution in [-0.2, 0) is 0 Å². The van der Waals surface area contributed by atoms with Gasteiger partial charge in [-0.2, -0.15) is 0 Å². The number of aliphatic hydroxyl groups is 1. The smallest absolute Gasteiger partial charge is 0.134 e. The fourth-order valence-corrected chi connectivity index (χ4v) is 3.88. The zero-order valence-electron chi connectivity index (χ0n) is 13.2. The standard InChI is InChI=1S/C18H22N4O/c23-9-3-8-19-17-10-18(21-12-20-17)22-11-13-6-7-16(22)15-5-2-1-4-14(13)15/h1-2,4-5,10,12-13,16,23H,3,6-9,11H2,(H,19,20,21)/t13-,16+/m1/s1. The van der Waals surface area contributed by atoms with Gasteiger partial charge in [-0.3, -0.25) is 0 Å². The largest absolute Gasteiger partial charge is 0.396 e. The molecule has 5 heteroatoms. The molecule has 1 saturated heterocycles. The third-order valence-electron chi connectivity index (χ3n) is 4.96. The van der Waals surface area contributed by atoms with Gasteiger partial charge in [-0.1, -0.05) is 24.3 Å². The topological polar surface area (TPSA) is 61.3 Å². The average Bonchev–Trinajstić information content (AvgIpc) is 2.63. The summed E-state index contributed by atoms with van der Waals surface area (Å²) in [5.41, 5.74) is 2.98. The molecule has 1 fully saturated rings. The minimum atomic E-state index is 0.192. The fraction of sp³-hybridized carbons (Fsp3) is 0.444. The lowest BCUT2D eigenvalue weighted by Gasteiger charge is -2.47. The summed E-state index contributed by atoms with van der Waals surface area (Å²) in [5.74, 6) is 2.44. The monoisotopic (exact) mass is 310 g/mol. The van der Waals surface area contributed by atoms with E-state index in [0.717, 1.165) is 31.1 Å². The highest BCUT2D eigenvalue weighted by Gasteiger charge is 2.38. The molecule has 2 aromatic rings. The van der Waals surface area contributed by atoms with Crippen LogP contribution in [0.5, 0.6) is 0 Å². The van der Waals surface area contributed by atoms with Crippen molar-refractivity contribution in [3.05, 3.63) is 47.8 Å². The van der Waals surface area contributed by atoms with Gasteiger partial charge in [0.2, 0.25) is 0 Å². The SMILES string of the molecule is OCCCNc1cc(N2C[C@H]3CC[C@H]2c2ccccc23)ncn1. The molecular formula is C18H22N4O. The zero-order chi connectivity index (χ0) is 15.6. The highest BCUT2D eigenvalue weighted by Crippen LogP contribution is 2.47. The van der Waals surface area contributed by atoms with Crippen molar-refractivity contribution in [1.29, 1.82) is 0 Å². The van der Waals surface area contributed by atoms with Gasteiger partial charge < -0.3 is 15.3 Å². The van der Waals surface area contributed by atoms with E-state index >= 15 is 0 Å². The number of hydrogen-bond acceptors (Lipinski definition) is 5. The Morgan fingerprint density at radius 1 is 1.17 bits per heavy atom. The number of rotatable bonds is 5. The lowest BCUT2D eigenvalue weighted by molar-refractivity contribution is 0.292. The van der Waals surface area contributed by atoms with Gasteiger partial charge >= 0.3 is 0 Å². The Bertz CT molecular complexity index is 690. The van der Waals surface area contributed by atoms with Crippen molar-refractivity contribution in [1.82, 2.24) is 9.97 Å². The third kappa shape index (κ3) is 2.65. The van der Waals surface area contributed by atoms with Crippen molar-refractivity contribution in [3.8, 4) is 0 Å². The second kappa shape index (κ2) is 6.16. The van der Waals surface area contributed by atoms with E-state index in [4.69, 9.17) is 5.11 Å². The summed E-state index contributed by atoms with van der Waals surface area (Å²) in [5, 5.41) is 12.1. The van der Waals surface area contributed by atoms with Crippen LogP contribution in [0.4, 0.5) is 11.6 Å². The van der Waals surface area contributed by atoms with Crippen LogP contribution in [0.25, 0.3) is 0 Å². The Labute approximate surface area is 136 Å². The second-order valence-electron chi connectivity index (χ2n) is 6.34. The molecular weight excluding hydrogens is 288 g/mol. The molecule has 2 atom stereocenters. The molecule has 5 nitrogen and oxygen atoms in total. The average molecular weight is 310 g/mol. The van der Waals surface area contributed by atoms with Crippen LogP contribution in [0.1, 0.15) is 42.3 Å². The van der Waals surface area contributed by atoms with Gasteiger partial charge in [0.15, 0.2) is 0 Å². The van der Waals surface area contributed by atoms with E-state index in [1.54, 1.807) is 6.33 Å². The van der Waals surface area contributed by atoms with Crippen LogP contribution in [0, 0.1) is 0 Å². The number of nitrogens with zero attached hydrogens (tertiary/aromatic N) is 3. The van der Waals surface area contributed by atoms with E-state index in [2.05, 4.69) is 44.5 Å². The van der Waals surface area contributed by atoms with E-state index < -0.39 is 0 Å². The Kier molecular flexibility index (Phi) is 3.87. The molecule has 2 aliphatic heterocycles. The molecule has 0 radical (unpaired) electrons. The molecule has 23 heavy (non-hydrogen) atoms. The fourth-order valence-electron chi connectivity index (χ4n) is 3.88. The van der Waals surface area contributed by atoms with E-state index in [1.165, 1.54) is 24.0 Å². The third-order valence-corrected chi connectivity index (χ3v) is 4.96. The van der Waals surface area contributed by atoms with E-state index in [9.17, 15) is 0 Å². The van der Waals surface area contributed by atoms with E-state index in [0.29, 0.717) is 12.0 Å². The number of piperidine rings is 1. The number of fused-ring (bicyclic) bond motifs is 2. The van der Waals surface area contributed by atoms with Crippen LogP contribution in [-0.4, -0.2) is 34.8 Å². The predicted molar refractivity (Wildman–Crippen MR) is 90.7 cm³/mol. The molecule has 0 spiro atoms. The van der Waals surface area contributed by atoms with Crippen molar-refractivity contribution >= 4 is 11.6 Å². The number of hydrogen-bond donors (Lipinski definition) is 2. The quantitative estimate of drug-likeness (QED) is 0.832. The lowest BCUT2D eigenvalue weighted by Crippen LogP contribution is -2.42. The summed E-state index contributed by atoms with van der Waals surface area (Å²) in [4.78, 5) is 11.2. The van der Waals surface area contributed by atoms with E-state index in [-0.39, 0.29) is 6.61 Å². The minimum absolute atomic E-state index is 0.192. The molecule has 2 bridgehead atoms. The number of benzene rings is 1. The highest BCUT2D eigenvalue weighted by molar-refractivity contribution is 5.54. The maximum atomic E-state index is 8.89. The number of nitrogens with one attached hydrogen (secondary N) is 1. The Morgan fingerprint density at radius 2 is 2.04 bits per heavy atom. The first-order valence-corrected chi connectivity index (χ1v) is 8.39. The molecule has 120 valence electrons. The molecule has 2 N–H and O–H groups in total. The Balaban J connectivity index is 1.59. The van der Waals surface area contributed by atoms with Gasteiger partial charge in [-0.25, -0.2) is 9.97 Å². The molecule has 1 aromatic heterocycles. The normalized spacial score (nSPS) is 22.0. The van der Waals surface area contributed by atoms with Gasteiger partial charge in [0.25, 0.3) is 0 Å². The summed E-state index contributed by atoms with van der Waals surface area (Å²) >= 11 is 0. The zero-order valence-corrected chi connectivity index (χ0v) is 13.2. The summed E-state index contributed by atoms with van der Waals surface area (Å²) in [6, 6.07) is 11.3. The van der Waals surface area contributed by atoms with Crippen LogP contribution in [0.2, 0.25) is 0 Å². The van der Waals surface area contributed by atoms with Crippen molar-refractivity contribution in [2.45, 2.75) is 31.2 Å². The first-order chi connectivity index (χ1) is 11.4. The lowest BCUT2D eigenvalue weighted by atomic mass is 9.75. The number of aromatic nitrogens is 2. The predicted octanol–water partition coefficient (Wildman–Crippen LogP) is 2.71. The van der Waals surface area contributed by atoms with E-state index in [1.807, 2.05) is 6.07 Å². The first-order valence-electron chi connectivity index (χ1n) is 8.39. The maximum absolute atomic E-state index is 8.89. The summed E-state index contributed by atoms with van der Waals surface area (Å²) in [7, 11) is 0. The van der Waals surface area contributed by atoms with Crippen molar-refractivity contribution in [2.24, 2.45) is 0 Å². The van der Waals surface area contributed by atoms with Crippen molar-refractivity contribution in [3.63, 3.8) is 0 Å². The maximum Gasteiger partial charge on any atom is 0.134 e. The molecule has 3 heterocycles. The summed E-state index contributed by atoms with van der Waals surface area (Å²) in [6.07, 6.45) is 4.82. The Morgan fingerprint density at radius 3 is 2.91 bits per heavy atom. The summed E-state index contributed by atoms with van der Waals surface area (Å²) in [6.45, 7) is 1.95. The van der Waals surface area contributed by atoms with Gasteiger partial charge in [0.1, 0.15) is 18.0 Å². The molecule has 1 aromatic carbocycles. The molecule has 0 amide bonds. The first kappa shape index (κ1) is 14.5. The molecule has 3 aliphatic rings. The van der Waals surface area contributed by atoms with Crippen molar-refractivity contribution in [2.75, 3.05) is 29.9 Å². The van der Waals surface area contributed by atoms with Gasteiger partial charge in [0, 0.05) is 31.7 Å². The van der Waals surface area contributed by atoms with Crippen LogP contribution < -0.4 is 10.2 Å².